The van der Waals surface area contributed by atoms with E-state index >= 15 is 0 Å². The van der Waals surface area contributed by atoms with Crippen LogP contribution in [0.25, 0.3) is 0 Å². The van der Waals surface area contributed by atoms with Gasteiger partial charge < -0.3 is 20.6 Å². The Hall–Kier alpha value is -0.810. The lowest BCUT2D eigenvalue weighted by Gasteiger charge is -2.38. The summed E-state index contributed by atoms with van der Waals surface area (Å²) < 4.78 is 0. The molecule has 102 valence electrons. The number of aliphatic hydroxyl groups excluding tert-OH is 1. The van der Waals surface area contributed by atoms with Crippen molar-refractivity contribution in [2.75, 3.05) is 13.1 Å². The third-order valence-electron chi connectivity index (χ3n) is 4.57. The van der Waals surface area contributed by atoms with E-state index in [-0.39, 0.29) is 30.3 Å². The number of urea groups is 1. The first-order valence-corrected chi connectivity index (χ1v) is 7.21. The van der Waals surface area contributed by atoms with Gasteiger partial charge in [-0.25, -0.2) is 4.79 Å². The molecule has 3 aliphatic heterocycles. The van der Waals surface area contributed by atoms with E-state index in [1.807, 2.05) is 4.90 Å². The van der Waals surface area contributed by atoms with Crippen molar-refractivity contribution >= 4 is 6.03 Å². The van der Waals surface area contributed by atoms with Gasteiger partial charge in [-0.3, -0.25) is 0 Å². The number of rotatable bonds is 1. The number of hydrogen-bond donors (Lipinski definition) is 3. The molecule has 4 atom stereocenters. The fourth-order valence-corrected chi connectivity index (χ4v) is 3.70. The number of piperidine rings is 2. The number of hydrogen-bond acceptors (Lipinski definition) is 3. The SMILES string of the molecule is O=C(N[C@H]1CCCNC1)N1[C@@H]2CC[C@H]1CC(O)C2. The molecule has 3 saturated heterocycles. The summed E-state index contributed by atoms with van der Waals surface area (Å²) in [6.07, 6.45) is 5.62. The topological polar surface area (TPSA) is 64.6 Å². The Morgan fingerprint density at radius 2 is 1.94 bits per heavy atom. The first-order chi connectivity index (χ1) is 8.74. The summed E-state index contributed by atoms with van der Waals surface area (Å²) in [7, 11) is 0. The summed E-state index contributed by atoms with van der Waals surface area (Å²) in [6, 6.07) is 0.881. The minimum Gasteiger partial charge on any atom is -0.393 e. The highest BCUT2D eigenvalue weighted by molar-refractivity contribution is 5.76. The Balaban J connectivity index is 1.59. The highest BCUT2D eigenvalue weighted by Crippen LogP contribution is 2.35. The van der Waals surface area contributed by atoms with Gasteiger partial charge >= 0.3 is 6.03 Å². The van der Waals surface area contributed by atoms with Crippen molar-refractivity contribution in [3.63, 3.8) is 0 Å². The van der Waals surface area contributed by atoms with Crippen molar-refractivity contribution in [2.24, 2.45) is 0 Å². The van der Waals surface area contributed by atoms with Crippen LogP contribution in [0.3, 0.4) is 0 Å². The second kappa shape index (κ2) is 5.05. The third-order valence-corrected chi connectivity index (χ3v) is 4.57. The number of fused-ring (bicyclic) bond motifs is 2. The molecule has 0 radical (unpaired) electrons. The largest absolute Gasteiger partial charge is 0.393 e. The Kier molecular flexibility index (Phi) is 3.43. The van der Waals surface area contributed by atoms with E-state index in [4.69, 9.17) is 0 Å². The predicted molar refractivity (Wildman–Crippen MR) is 68.3 cm³/mol. The molecule has 2 amide bonds. The second-order valence-corrected chi connectivity index (χ2v) is 5.91. The minimum atomic E-state index is -0.206. The molecule has 0 aromatic carbocycles. The highest BCUT2D eigenvalue weighted by Gasteiger charge is 2.43. The average Bonchev–Trinajstić information content (AvgIpc) is 2.63. The molecule has 2 bridgehead atoms. The Morgan fingerprint density at radius 3 is 2.56 bits per heavy atom. The molecule has 1 unspecified atom stereocenters. The molecule has 0 spiro atoms. The van der Waals surface area contributed by atoms with E-state index in [2.05, 4.69) is 10.6 Å². The maximum atomic E-state index is 12.3. The molecule has 3 heterocycles. The van der Waals surface area contributed by atoms with E-state index in [1.54, 1.807) is 0 Å². The minimum absolute atomic E-state index is 0.0862. The Bertz CT molecular complexity index is 303. The summed E-state index contributed by atoms with van der Waals surface area (Å²) in [5.74, 6) is 0. The zero-order valence-electron chi connectivity index (χ0n) is 10.8. The van der Waals surface area contributed by atoms with Crippen molar-refractivity contribution in [3.05, 3.63) is 0 Å². The lowest BCUT2D eigenvalue weighted by atomic mass is 10.0. The zero-order chi connectivity index (χ0) is 12.5. The van der Waals surface area contributed by atoms with Crippen LogP contribution in [0.4, 0.5) is 4.79 Å². The number of carbonyl (C=O) groups is 1. The Morgan fingerprint density at radius 1 is 1.22 bits per heavy atom. The normalized spacial score (nSPS) is 39.7. The molecule has 5 nitrogen and oxygen atoms in total. The summed E-state index contributed by atoms with van der Waals surface area (Å²) in [6.45, 7) is 1.95. The molecule has 3 fully saturated rings. The van der Waals surface area contributed by atoms with Crippen LogP contribution < -0.4 is 10.6 Å². The molecule has 5 heteroatoms. The van der Waals surface area contributed by atoms with Crippen molar-refractivity contribution in [2.45, 2.75) is 62.8 Å². The van der Waals surface area contributed by atoms with Gasteiger partial charge in [0.2, 0.25) is 0 Å². The quantitative estimate of drug-likeness (QED) is 0.635. The number of amides is 2. The van der Waals surface area contributed by atoms with Crippen molar-refractivity contribution in [3.8, 4) is 0 Å². The van der Waals surface area contributed by atoms with Gasteiger partial charge in [0, 0.05) is 24.7 Å². The van der Waals surface area contributed by atoms with E-state index < -0.39 is 0 Å². The standard InChI is InChI=1S/C13H23N3O2/c17-12-6-10-3-4-11(7-12)16(10)13(18)15-9-2-1-5-14-8-9/h9-12,14,17H,1-8H2,(H,15,18)/t9-,10-,11+,12?/m0/s1. The van der Waals surface area contributed by atoms with Crippen molar-refractivity contribution < 1.29 is 9.90 Å². The molecule has 0 aromatic heterocycles. The van der Waals surface area contributed by atoms with E-state index in [1.165, 1.54) is 0 Å². The summed E-state index contributed by atoms with van der Waals surface area (Å²) in [5, 5.41) is 16.2. The molecule has 3 N–H and O–H groups in total. The molecular weight excluding hydrogens is 230 g/mol. The van der Waals surface area contributed by atoms with Gasteiger partial charge in [0.1, 0.15) is 0 Å². The van der Waals surface area contributed by atoms with Gasteiger partial charge in [-0.2, -0.15) is 0 Å². The fraction of sp³-hybridized carbons (Fsp3) is 0.923. The summed E-state index contributed by atoms with van der Waals surface area (Å²) in [4.78, 5) is 14.3. The maximum absolute atomic E-state index is 12.3. The third kappa shape index (κ3) is 2.34. The molecule has 3 aliphatic rings. The van der Waals surface area contributed by atoms with Crippen LogP contribution >= 0.6 is 0 Å². The van der Waals surface area contributed by atoms with Crippen molar-refractivity contribution in [1.82, 2.24) is 15.5 Å². The fourth-order valence-electron chi connectivity index (χ4n) is 3.70. The van der Waals surface area contributed by atoms with Crippen LogP contribution in [0.5, 0.6) is 0 Å². The first-order valence-electron chi connectivity index (χ1n) is 7.21. The van der Waals surface area contributed by atoms with Gasteiger partial charge in [0.05, 0.1) is 6.10 Å². The van der Waals surface area contributed by atoms with E-state index in [0.717, 1.165) is 51.6 Å². The van der Waals surface area contributed by atoms with Gasteiger partial charge in [-0.15, -0.1) is 0 Å². The predicted octanol–water partition coefficient (Wildman–Crippen LogP) is 0.436. The van der Waals surface area contributed by atoms with Crippen molar-refractivity contribution in [1.29, 1.82) is 0 Å². The average molecular weight is 253 g/mol. The molecule has 0 aromatic rings. The van der Waals surface area contributed by atoms with Gasteiger partial charge in [-0.05, 0) is 45.1 Å². The molecule has 18 heavy (non-hydrogen) atoms. The van der Waals surface area contributed by atoms with Crippen LogP contribution in [0.1, 0.15) is 38.5 Å². The maximum Gasteiger partial charge on any atom is 0.318 e. The molecule has 0 saturated carbocycles. The monoisotopic (exact) mass is 253 g/mol. The number of nitrogens with one attached hydrogen (secondary N) is 2. The smallest absolute Gasteiger partial charge is 0.318 e. The van der Waals surface area contributed by atoms with Gasteiger partial charge in [-0.1, -0.05) is 0 Å². The van der Waals surface area contributed by atoms with Crippen LogP contribution in [0.15, 0.2) is 0 Å². The number of nitrogens with zero attached hydrogens (tertiary/aromatic N) is 1. The zero-order valence-corrected chi connectivity index (χ0v) is 10.8. The molecule has 3 rings (SSSR count). The highest BCUT2D eigenvalue weighted by atomic mass is 16.3. The number of carbonyl (C=O) groups excluding carboxylic acids is 1. The molecular formula is C13H23N3O2. The summed E-state index contributed by atoms with van der Waals surface area (Å²) in [5.41, 5.74) is 0. The van der Waals surface area contributed by atoms with Gasteiger partial charge in [0.25, 0.3) is 0 Å². The van der Waals surface area contributed by atoms with E-state index in [0.29, 0.717) is 0 Å². The van der Waals surface area contributed by atoms with E-state index in [9.17, 15) is 9.90 Å². The molecule has 0 aliphatic carbocycles. The van der Waals surface area contributed by atoms with Crippen LogP contribution in [-0.4, -0.2) is 53.4 Å². The lowest BCUT2D eigenvalue weighted by molar-refractivity contribution is 0.0532. The number of aliphatic hydroxyl groups is 1. The second-order valence-electron chi connectivity index (χ2n) is 5.91. The Labute approximate surface area is 108 Å². The lowest BCUT2D eigenvalue weighted by Crippen LogP contribution is -2.56. The summed E-state index contributed by atoms with van der Waals surface area (Å²) >= 11 is 0. The van der Waals surface area contributed by atoms with Crippen LogP contribution in [0, 0.1) is 0 Å². The van der Waals surface area contributed by atoms with Crippen LogP contribution in [0.2, 0.25) is 0 Å². The van der Waals surface area contributed by atoms with Crippen LogP contribution in [-0.2, 0) is 0 Å². The van der Waals surface area contributed by atoms with Gasteiger partial charge in [0.15, 0.2) is 0 Å². The first kappa shape index (κ1) is 12.2.